The molecule has 0 aliphatic rings. The quantitative estimate of drug-likeness (QED) is 0.533. The number of hydrogen-bond donors (Lipinski definition) is 2. The van der Waals surface area contributed by atoms with Gasteiger partial charge in [0.05, 0.1) is 0 Å². The van der Waals surface area contributed by atoms with Crippen molar-refractivity contribution < 1.29 is 21.0 Å². The topological polar surface area (TPSA) is 91.7 Å². The first kappa shape index (κ1) is 10.5. The Morgan fingerprint density at radius 1 is 1.23 bits per heavy atom. The molecule has 72 valence electrons. The summed E-state index contributed by atoms with van der Waals surface area (Å²) in [5.74, 6) is 0. The third-order valence-corrected chi connectivity index (χ3v) is 4.05. The van der Waals surface area contributed by atoms with E-state index in [1.807, 2.05) is 0 Å². The van der Waals surface area contributed by atoms with E-state index in [1.54, 1.807) is 0 Å². The molecule has 0 saturated heterocycles. The Balaban J connectivity index is 3.46. The average Bonchev–Trinajstić information content (AvgIpc) is 2.03. The van der Waals surface area contributed by atoms with E-state index in [1.165, 1.54) is 18.2 Å². The zero-order chi connectivity index (χ0) is 10.1. The van der Waals surface area contributed by atoms with E-state index in [-0.39, 0.29) is 4.46 Å². The summed E-state index contributed by atoms with van der Waals surface area (Å²) in [7, 11) is -4.41. The molecule has 1 aromatic carbocycles. The Hall–Kier alpha value is -0.591. The van der Waals surface area contributed by atoms with Gasteiger partial charge in [0.2, 0.25) is 0 Å². The second-order valence-electron chi connectivity index (χ2n) is 2.17. The molecule has 0 saturated carbocycles. The molecule has 0 heterocycles. The maximum atomic E-state index is 10.7. The summed E-state index contributed by atoms with van der Waals surface area (Å²) in [5.41, 5.74) is 0. The molecule has 1 unspecified atom stereocenters. The second-order valence-corrected chi connectivity index (χ2v) is 5.53. The van der Waals surface area contributed by atoms with Crippen molar-refractivity contribution in [2.75, 3.05) is 0 Å². The minimum atomic E-state index is -4.41. The molecule has 13 heavy (non-hydrogen) atoms. The molecular formula is C6H6O5SSe. The molecule has 5 nitrogen and oxygen atoms in total. The van der Waals surface area contributed by atoms with Crippen LogP contribution in [0.5, 0.6) is 0 Å². The molecule has 0 aromatic heterocycles. The molecule has 2 N–H and O–H groups in total. The van der Waals surface area contributed by atoms with Crippen LogP contribution in [0.25, 0.3) is 0 Å². The summed E-state index contributed by atoms with van der Waals surface area (Å²) in [6, 6.07) is 5.06. The third-order valence-electron chi connectivity index (χ3n) is 1.32. The van der Waals surface area contributed by atoms with Crippen LogP contribution in [0.4, 0.5) is 0 Å². The van der Waals surface area contributed by atoms with Crippen molar-refractivity contribution in [2.24, 2.45) is 0 Å². The van der Waals surface area contributed by atoms with E-state index in [0.717, 1.165) is 6.07 Å². The van der Waals surface area contributed by atoms with Crippen LogP contribution in [0.1, 0.15) is 0 Å². The normalized spacial score (nSPS) is 14.0. The molecule has 0 aliphatic carbocycles. The van der Waals surface area contributed by atoms with Gasteiger partial charge in [-0.05, 0) is 0 Å². The van der Waals surface area contributed by atoms with E-state index in [0.29, 0.717) is 0 Å². The van der Waals surface area contributed by atoms with Crippen molar-refractivity contribution in [1.82, 2.24) is 0 Å². The zero-order valence-electron chi connectivity index (χ0n) is 6.25. The molecule has 0 radical (unpaired) electrons. The fourth-order valence-corrected chi connectivity index (χ4v) is 3.33. The Morgan fingerprint density at radius 3 is 2.15 bits per heavy atom. The van der Waals surface area contributed by atoms with E-state index in [4.69, 9.17) is 8.74 Å². The third kappa shape index (κ3) is 2.43. The van der Waals surface area contributed by atoms with Gasteiger partial charge < -0.3 is 0 Å². The molecule has 7 heteroatoms. The van der Waals surface area contributed by atoms with Crippen LogP contribution in [0.2, 0.25) is 0 Å². The first-order valence-corrected chi connectivity index (χ1v) is 6.86. The van der Waals surface area contributed by atoms with E-state index in [2.05, 4.69) is 0 Å². The van der Waals surface area contributed by atoms with Crippen molar-refractivity contribution in [3.63, 3.8) is 0 Å². The maximum absolute atomic E-state index is 10.7. The second kappa shape index (κ2) is 3.65. The Bertz CT molecular complexity index is 438. The van der Waals surface area contributed by atoms with E-state index in [9.17, 15) is 12.3 Å². The van der Waals surface area contributed by atoms with E-state index >= 15 is 0 Å². The van der Waals surface area contributed by atoms with E-state index < -0.39 is 29.2 Å². The van der Waals surface area contributed by atoms with Gasteiger partial charge in [0.15, 0.2) is 0 Å². The predicted molar refractivity (Wildman–Crippen MR) is 44.5 cm³/mol. The van der Waals surface area contributed by atoms with Gasteiger partial charge in [0.25, 0.3) is 0 Å². The van der Waals surface area contributed by atoms with Gasteiger partial charge in [0, 0.05) is 0 Å². The van der Waals surface area contributed by atoms with Crippen LogP contribution in [0.15, 0.2) is 29.2 Å². The fraction of sp³-hybridized carbons (Fsp3) is 0. The standard InChI is InChI=1S/C6H6O5SSe/c7-12(8,9)5-3-1-2-4-6(5)13(10)11/h1-4H,(H,10,11)(H,7,8,9). The van der Waals surface area contributed by atoms with Crippen molar-refractivity contribution >= 4 is 28.7 Å². The van der Waals surface area contributed by atoms with Gasteiger partial charge in [-0.1, -0.05) is 0 Å². The SMILES string of the molecule is O=[Se](O)c1ccccc1S(=O)(=O)O. The van der Waals surface area contributed by atoms with Gasteiger partial charge in [-0.2, -0.15) is 0 Å². The molecule has 0 fully saturated rings. The van der Waals surface area contributed by atoms with Gasteiger partial charge in [0.1, 0.15) is 0 Å². The monoisotopic (exact) mass is 270 g/mol. The van der Waals surface area contributed by atoms with Crippen molar-refractivity contribution in [3.8, 4) is 0 Å². The van der Waals surface area contributed by atoms with Gasteiger partial charge in [-0.3, -0.25) is 0 Å². The number of hydrogen-bond acceptors (Lipinski definition) is 3. The van der Waals surface area contributed by atoms with Crippen LogP contribution in [-0.4, -0.2) is 31.3 Å². The molecule has 1 atom stereocenters. The first-order chi connectivity index (χ1) is 5.93. The first-order valence-electron chi connectivity index (χ1n) is 3.10. The minimum absolute atomic E-state index is 0.231. The van der Waals surface area contributed by atoms with Gasteiger partial charge in [-0.25, -0.2) is 0 Å². The molecule has 0 amide bonds. The Morgan fingerprint density at radius 2 is 1.77 bits per heavy atom. The fourth-order valence-electron chi connectivity index (χ4n) is 0.808. The van der Waals surface area contributed by atoms with Crippen LogP contribution >= 0.6 is 0 Å². The van der Waals surface area contributed by atoms with Crippen LogP contribution in [-0.2, 0) is 14.0 Å². The van der Waals surface area contributed by atoms with Crippen LogP contribution in [0, 0.1) is 0 Å². The summed E-state index contributed by atoms with van der Waals surface area (Å²) in [5, 5.41) is 0. The average molecular weight is 269 g/mol. The molecule has 0 spiro atoms. The molecule has 1 aromatic rings. The molecule has 0 aliphatic heterocycles. The summed E-state index contributed by atoms with van der Waals surface area (Å²) < 4.78 is 49.3. The van der Waals surface area contributed by atoms with Crippen molar-refractivity contribution in [2.45, 2.75) is 4.90 Å². The summed E-state index contributed by atoms with van der Waals surface area (Å²) in [4.78, 5) is -0.502. The Labute approximate surface area is 79.2 Å². The number of benzene rings is 1. The predicted octanol–water partition coefficient (Wildman–Crippen LogP) is -0.949. The van der Waals surface area contributed by atoms with Gasteiger partial charge >= 0.3 is 78.9 Å². The van der Waals surface area contributed by atoms with Crippen LogP contribution in [0.3, 0.4) is 0 Å². The van der Waals surface area contributed by atoms with Crippen molar-refractivity contribution in [3.05, 3.63) is 24.3 Å². The molecule has 0 bridgehead atoms. The molecular weight excluding hydrogens is 263 g/mol. The molecule has 1 rings (SSSR count). The zero-order valence-corrected chi connectivity index (χ0v) is 8.77. The van der Waals surface area contributed by atoms with Crippen LogP contribution < -0.4 is 4.46 Å². The number of rotatable bonds is 2. The van der Waals surface area contributed by atoms with Crippen molar-refractivity contribution in [1.29, 1.82) is 0 Å². The van der Waals surface area contributed by atoms with Gasteiger partial charge in [-0.15, -0.1) is 0 Å². The summed E-state index contributed by atoms with van der Waals surface area (Å²) in [6.07, 6.45) is 0. The Kier molecular flexibility index (Phi) is 2.94. The summed E-state index contributed by atoms with van der Waals surface area (Å²) >= 11 is -3.33. The summed E-state index contributed by atoms with van der Waals surface area (Å²) in [6.45, 7) is 0.